The fourth-order valence-electron chi connectivity index (χ4n) is 3.34. The van der Waals surface area contributed by atoms with Crippen LogP contribution in [0.2, 0.25) is 0 Å². The fraction of sp³-hybridized carbons (Fsp3) is 0.667. The highest BCUT2D eigenvalue weighted by atomic mass is 16.5. The summed E-state index contributed by atoms with van der Waals surface area (Å²) < 4.78 is 5.39. The van der Waals surface area contributed by atoms with Crippen LogP contribution in [0, 0.1) is 5.92 Å². The third-order valence-corrected chi connectivity index (χ3v) is 4.76. The number of nitrogens with two attached hydrogens (primary N) is 1. The molecule has 1 aromatic rings. The smallest absolute Gasteiger partial charge is 0.119 e. The molecule has 1 heterocycles. The average molecular weight is 290 g/mol. The summed E-state index contributed by atoms with van der Waals surface area (Å²) in [4.78, 5) is 2.59. The number of benzene rings is 1. The van der Waals surface area contributed by atoms with Crippen molar-refractivity contribution in [2.75, 3.05) is 20.2 Å². The monoisotopic (exact) mass is 290 g/mol. The van der Waals surface area contributed by atoms with E-state index in [0.29, 0.717) is 6.04 Å². The number of hydrogen-bond acceptors (Lipinski definition) is 3. The Hall–Kier alpha value is -1.06. The lowest BCUT2D eigenvalue weighted by Crippen LogP contribution is -2.41. The average Bonchev–Trinajstić information content (AvgIpc) is 2.72. The Balaban J connectivity index is 2.24. The first kappa shape index (κ1) is 16.3. The predicted octanol–water partition coefficient (Wildman–Crippen LogP) is 3.60. The molecule has 3 heteroatoms. The second-order valence-corrected chi connectivity index (χ2v) is 6.37. The summed E-state index contributed by atoms with van der Waals surface area (Å²) in [5, 5.41) is 0. The highest BCUT2D eigenvalue weighted by molar-refractivity contribution is 5.31. The predicted molar refractivity (Wildman–Crippen MR) is 88.6 cm³/mol. The van der Waals surface area contributed by atoms with E-state index in [1.807, 2.05) is 6.07 Å². The Morgan fingerprint density at radius 2 is 2.14 bits per heavy atom. The quantitative estimate of drug-likeness (QED) is 0.900. The molecule has 3 nitrogen and oxygen atoms in total. The molecule has 2 N–H and O–H groups in total. The fourth-order valence-corrected chi connectivity index (χ4v) is 3.34. The summed E-state index contributed by atoms with van der Waals surface area (Å²) in [6, 6.07) is 8.89. The number of methoxy groups -OCH3 is 1. The summed E-state index contributed by atoms with van der Waals surface area (Å²) >= 11 is 0. The maximum absolute atomic E-state index is 6.47. The normalized spacial score (nSPS) is 23.3. The minimum absolute atomic E-state index is 0.172. The summed E-state index contributed by atoms with van der Waals surface area (Å²) in [5.41, 5.74) is 7.76. The van der Waals surface area contributed by atoms with Gasteiger partial charge in [0.25, 0.3) is 0 Å². The zero-order chi connectivity index (χ0) is 15.2. The van der Waals surface area contributed by atoms with Crippen LogP contribution in [0.4, 0.5) is 0 Å². The molecule has 0 amide bonds. The van der Waals surface area contributed by atoms with Crippen molar-refractivity contribution in [2.45, 2.75) is 51.6 Å². The van der Waals surface area contributed by atoms with Gasteiger partial charge in [-0.1, -0.05) is 26.0 Å². The SMILES string of the molecule is CCC(N)C(c1cccc(OC)c1)N1CCCC(C)CC1. The lowest BCUT2D eigenvalue weighted by atomic mass is 9.95. The van der Waals surface area contributed by atoms with E-state index in [1.165, 1.54) is 24.8 Å². The highest BCUT2D eigenvalue weighted by Gasteiger charge is 2.27. The Morgan fingerprint density at radius 3 is 2.86 bits per heavy atom. The molecule has 0 aromatic heterocycles. The van der Waals surface area contributed by atoms with Gasteiger partial charge in [-0.2, -0.15) is 0 Å². The Labute approximate surface area is 129 Å². The van der Waals surface area contributed by atoms with Crippen molar-refractivity contribution in [3.63, 3.8) is 0 Å². The molecule has 2 rings (SSSR count). The first-order chi connectivity index (χ1) is 10.2. The van der Waals surface area contributed by atoms with Crippen LogP contribution in [0.3, 0.4) is 0 Å². The minimum atomic E-state index is 0.172. The molecular weight excluding hydrogens is 260 g/mol. The van der Waals surface area contributed by atoms with Gasteiger partial charge in [0, 0.05) is 12.1 Å². The van der Waals surface area contributed by atoms with Crippen molar-refractivity contribution in [3.8, 4) is 5.75 Å². The first-order valence-corrected chi connectivity index (χ1v) is 8.29. The van der Waals surface area contributed by atoms with Gasteiger partial charge in [0.15, 0.2) is 0 Å². The van der Waals surface area contributed by atoms with Crippen molar-refractivity contribution < 1.29 is 4.74 Å². The standard InChI is InChI=1S/C18H30N2O/c1-4-17(19)18(15-8-5-9-16(13-15)21-3)20-11-6-7-14(2)10-12-20/h5,8-9,13-14,17-18H,4,6-7,10-12,19H2,1-3H3. The molecule has 1 saturated heterocycles. The topological polar surface area (TPSA) is 38.5 Å². The molecule has 118 valence electrons. The van der Waals surface area contributed by atoms with E-state index in [9.17, 15) is 0 Å². The van der Waals surface area contributed by atoms with Crippen LogP contribution < -0.4 is 10.5 Å². The molecular formula is C18H30N2O. The van der Waals surface area contributed by atoms with E-state index < -0.39 is 0 Å². The number of hydrogen-bond donors (Lipinski definition) is 1. The summed E-state index contributed by atoms with van der Waals surface area (Å²) in [5.74, 6) is 1.75. The van der Waals surface area contributed by atoms with E-state index in [4.69, 9.17) is 10.5 Å². The van der Waals surface area contributed by atoms with Crippen molar-refractivity contribution in [2.24, 2.45) is 11.7 Å². The first-order valence-electron chi connectivity index (χ1n) is 8.29. The summed E-state index contributed by atoms with van der Waals surface area (Å²) in [7, 11) is 1.72. The maximum atomic E-state index is 6.47. The van der Waals surface area contributed by atoms with Crippen molar-refractivity contribution in [1.29, 1.82) is 0 Å². The van der Waals surface area contributed by atoms with Crippen molar-refractivity contribution in [1.82, 2.24) is 4.90 Å². The lowest BCUT2D eigenvalue weighted by Gasteiger charge is -2.35. The van der Waals surface area contributed by atoms with E-state index in [-0.39, 0.29) is 6.04 Å². The number of nitrogens with zero attached hydrogens (tertiary/aromatic N) is 1. The lowest BCUT2D eigenvalue weighted by molar-refractivity contribution is 0.173. The molecule has 0 aliphatic carbocycles. The number of likely N-dealkylation sites (tertiary alicyclic amines) is 1. The van der Waals surface area contributed by atoms with Gasteiger partial charge in [-0.15, -0.1) is 0 Å². The molecule has 1 fully saturated rings. The third kappa shape index (κ3) is 4.21. The van der Waals surface area contributed by atoms with Crippen LogP contribution in [0.25, 0.3) is 0 Å². The van der Waals surface area contributed by atoms with Gasteiger partial charge in [0.2, 0.25) is 0 Å². The van der Waals surface area contributed by atoms with Gasteiger partial charge in [-0.25, -0.2) is 0 Å². The molecule has 3 unspecified atom stereocenters. The molecule has 1 aliphatic heterocycles. The molecule has 21 heavy (non-hydrogen) atoms. The van der Waals surface area contributed by atoms with Gasteiger partial charge in [-0.05, 0) is 62.4 Å². The van der Waals surface area contributed by atoms with E-state index >= 15 is 0 Å². The third-order valence-electron chi connectivity index (χ3n) is 4.76. The van der Waals surface area contributed by atoms with Crippen LogP contribution in [0.1, 0.15) is 51.1 Å². The number of rotatable bonds is 5. The van der Waals surface area contributed by atoms with Crippen molar-refractivity contribution in [3.05, 3.63) is 29.8 Å². The van der Waals surface area contributed by atoms with Gasteiger partial charge < -0.3 is 10.5 Å². The van der Waals surface area contributed by atoms with Crippen LogP contribution in [-0.2, 0) is 0 Å². The minimum Gasteiger partial charge on any atom is -0.497 e. The molecule has 1 aliphatic rings. The van der Waals surface area contributed by atoms with Crippen molar-refractivity contribution >= 4 is 0 Å². The van der Waals surface area contributed by atoms with E-state index in [1.54, 1.807) is 7.11 Å². The molecule has 1 aromatic carbocycles. The Bertz CT molecular complexity index is 435. The van der Waals surface area contributed by atoms with Crippen LogP contribution in [0.5, 0.6) is 5.75 Å². The van der Waals surface area contributed by atoms with E-state index in [2.05, 4.69) is 36.9 Å². The van der Waals surface area contributed by atoms with Gasteiger partial charge in [0.1, 0.15) is 5.75 Å². The summed E-state index contributed by atoms with van der Waals surface area (Å²) in [6.45, 7) is 6.85. The van der Waals surface area contributed by atoms with Crippen LogP contribution >= 0.6 is 0 Å². The molecule has 0 saturated carbocycles. The Kier molecular flexibility index (Phi) is 6.07. The maximum Gasteiger partial charge on any atom is 0.119 e. The van der Waals surface area contributed by atoms with Gasteiger partial charge in [0.05, 0.1) is 7.11 Å². The largest absolute Gasteiger partial charge is 0.497 e. The molecule has 0 radical (unpaired) electrons. The van der Waals surface area contributed by atoms with Gasteiger partial charge in [-0.3, -0.25) is 4.90 Å². The number of ether oxygens (including phenoxy) is 1. The second-order valence-electron chi connectivity index (χ2n) is 6.37. The van der Waals surface area contributed by atoms with Crippen LogP contribution in [0.15, 0.2) is 24.3 Å². The second kappa shape index (κ2) is 7.81. The van der Waals surface area contributed by atoms with E-state index in [0.717, 1.165) is 31.2 Å². The molecule has 0 bridgehead atoms. The molecule has 3 atom stereocenters. The Morgan fingerprint density at radius 1 is 1.33 bits per heavy atom. The highest BCUT2D eigenvalue weighted by Crippen LogP contribution is 2.30. The zero-order valence-electron chi connectivity index (χ0n) is 13.7. The van der Waals surface area contributed by atoms with Crippen LogP contribution in [-0.4, -0.2) is 31.1 Å². The summed E-state index contributed by atoms with van der Waals surface area (Å²) in [6.07, 6.45) is 4.88. The zero-order valence-corrected chi connectivity index (χ0v) is 13.7. The van der Waals surface area contributed by atoms with Gasteiger partial charge >= 0.3 is 0 Å². The molecule has 0 spiro atoms.